The van der Waals surface area contributed by atoms with Gasteiger partial charge in [-0.3, -0.25) is 9.13 Å². The van der Waals surface area contributed by atoms with E-state index < -0.39 is 10.8 Å². The van der Waals surface area contributed by atoms with Crippen LogP contribution in [-0.2, 0) is 10.8 Å². The Morgan fingerprint density at radius 2 is 0.586 bits per heavy atom. The maximum atomic E-state index is 7.55. The number of ether oxygens (including phenoxy) is 2. The van der Waals surface area contributed by atoms with E-state index in [0.717, 1.165) is 184 Å². The van der Waals surface area contributed by atoms with Crippen molar-refractivity contribution in [1.29, 1.82) is 0 Å². The van der Waals surface area contributed by atoms with Crippen molar-refractivity contribution < 1.29 is 9.47 Å². The van der Waals surface area contributed by atoms with Crippen molar-refractivity contribution in [2.45, 2.75) is 10.8 Å². The van der Waals surface area contributed by atoms with E-state index in [1.54, 1.807) is 0 Å². The molecule has 4 aliphatic rings. The third-order valence-corrected chi connectivity index (χ3v) is 25.3. The molecule has 0 bridgehead atoms. The van der Waals surface area contributed by atoms with Crippen LogP contribution in [0.4, 0.5) is 0 Å². The minimum atomic E-state index is -0.850. The Kier molecular flexibility index (Phi) is 12.8. The van der Waals surface area contributed by atoms with Gasteiger partial charge in [-0.1, -0.05) is 297 Å². The Morgan fingerprint density at radius 1 is 0.198 bits per heavy atom. The van der Waals surface area contributed by atoms with Gasteiger partial charge in [0.05, 0.1) is 83.6 Å². The Balaban J connectivity index is 0.626. The zero-order valence-electron chi connectivity index (χ0n) is 62.2. The molecule has 0 N–H and O–H groups in total. The molecule has 16 aromatic carbocycles. The molecule has 2 unspecified atom stereocenters. The van der Waals surface area contributed by atoms with E-state index in [1.165, 1.54) is 38.5 Å². The molecule has 2 spiro atoms. The van der Waals surface area contributed by atoms with Gasteiger partial charge in [-0.15, -0.1) is 0 Å². The van der Waals surface area contributed by atoms with Gasteiger partial charge in [0, 0.05) is 93.7 Å². The largest absolute Gasteiger partial charge is 0.457 e. The molecule has 10 nitrogen and oxygen atoms in total. The maximum Gasteiger partial charge on any atom is 0.235 e. The molecule has 26 rings (SSSR count). The van der Waals surface area contributed by atoms with Crippen molar-refractivity contribution in [3.63, 3.8) is 0 Å². The molecule has 10 heterocycles. The molecule has 538 valence electrons. The molecule has 116 heavy (non-hydrogen) atoms. The second-order valence-corrected chi connectivity index (χ2v) is 31.0. The number of hydrogen-bond acceptors (Lipinski definition) is 6. The lowest BCUT2D eigenvalue weighted by molar-refractivity contribution is 0.434. The van der Waals surface area contributed by atoms with Crippen LogP contribution < -0.4 is 9.47 Å². The Labute approximate surface area is 664 Å². The summed E-state index contributed by atoms with van der Waals surface area (Å²) in [5, 5.41) is 9.07. The number of para-hydroxylation sites is 9. The minimum Gasteiger partial charge on any atom is -0.457 e. The quantitative estimate of drug-likeness (QED) is 0.158. The van der Waals surface area contributed by atoms with Crippen LogP contribution in [0.2, 0.25) is 0 Å². The molecule has 0 fully saturated rings. The number of benzene rings is 16. The topological polar surface area (TPSA) is 89.7 Å². The van der Waals surface area contributed by atoms with Crippen LogP contribution in [0, 0.1) is 0 Å². The number of nitrogens with zero attached hydrogens (tertiary/aromatic N) is 8. The molecule has 0 radical (unpaired) electrons. The van der Waals surface area contributed by atoms with Crippen LogP contribution in [0.3, 0.4) is 0 Å². The molecule has 2 atom stereocenters. The summed E-state index contributed by atoms with van der Waals surface area (Å²) >= 11 is 0. The molecule has 0 amide bonds. The van der Waals surface area contributed by atoms with Crippen molar-refractivity contribution in [3.05, 3.63) is 421 Å². The van der Waals surface area contributed by atoms with Crippen LogP contribution >= 0.6 is 0 Å². The fourth-order valence-corrected chi connectivity index (χ4v) is 20.6. The van der Waals surface area contributed by atoms with E-state index in [0.29, 0.717) is 11.9 Å². The van der Waals surface area contributed by atoms with Crippen molar-refractivity contribution in [2.75, 3.05) is 0 Å². The molecule has 4 aliphatic heterocycles. The first-order valence-corrected chi connectivity index (χ1v) is 39.6. The highest BCUT2D eigenvalue weighted by Gasteiger charge is 2.53. The second-order valence-electron chi connectivity index (χ2n) is 31.0. The van der Waals surface area contributed by atoms with Crippen molar-refractivity contribution in [3.8, 4) is 102 Å². The number of aromatic nitrogens is 8. The van der Waals surface area contributed by atoms with Gasteiger partial charge >= 0.3 is 0 Å². The van der Waals surface area contributed by atoms with Crippen molar-refractivity contribution in [1.82, 2.24) is 38.2 Å². The fourth-order valence-electron chi connectivity index (χ4n) is 20.6. The third-order valence-electron chi connectivity index (χ3n) is 25.3. The summed E-state index contributed by atoms with van der Waals surface area (Å²) in [7, 11) is 0. The zero-order valence-corrected chi connectivity index (χ0v) is 62.2. The van der Waals surface area contributed by atoms with E-state index >= 15 is 0 Å². The number of hydrogen-bond donors (Lipinski definition) is 0. The van der Waals surface area contributed by atoms with Gasteiger partial charge in [0.1, 0.15) is 22.8 Å². The van der Waals surface area contributed by atoms with E-state index in [9.17, 15) is 0 Å². The predicted molar refractivity (Wildman–Crippen MR) is 466 cm³/mol. The normalized spacial score (nSPS) is 15.3. The summed E-state index contributed by atoms with van der Waals surface area (Å²) in [4.78, 5) is 22.2. The lowest BCUT2D eigenvalue weighted by Crippen LogP contribution is -2.37. The first kappa shape index (κ1) is 63.2. The first-order chi connectivity index (χ1) is 57.5. The van der Waals surface area contributed by atoms with Gasteiger partial charge in [-0.25, -0.2) is 19.9 Å². The minimum absolute atomic E-state index is 0.556. The summed E-state index contributed by atoms with van der Waals surface area (Å²) < 4.78 is 24.3. The Bertz CT molecular complexity index is 7980. The van der Waals surface area contributed by atoms with Gasteiger partial charge < -0.3 is 18.6 Å². The average molecular weight is 1480 g/mol. The van der Waals surface area contributed by atoms with Crippen LogP contribution in [0.15, 0.2) is 376 Å². The summed E-state index contributed by atoms with van der Waals surface area (Å²) in [6, 6.07) is 136. The summed E-state index contributed by atoms with van der Waals surface area (Å²) in [6.07, 6.45) is 0. The molecular formula is C106H62N8O2. The highest BCUT2D eigenvalue weighted by atomic mass is 16.5. The molecule has 6 aromatic heterocycles. The van der Waals surface area contributed by atoms with Gasteiger partial charge in [0.25, 0.3) is 0 Å². The van der Waals surface area contributed by atoms with Gasteiger partial charge in [0.2, 0.25) is 11.9 Å². The van der Waals surface area contributed by atoms with Crippen molar-refractivity contribution >= 4 is 87.2 Å². The van der Waals surface area contributed by atoms with Gasteiger partial charge in [0.15, 0.2) is 5.75 Å². The maximum absolute atomic E-state index is 7.55. The molecular weight excluding hydrogens is 1420 g/mol. The molecule has 0 saturated carbocycles. The highest BCUT2D eigenvalue weighted by Crippen LogP contribution is 2.64. The van der Waals surface area contributed by atoms with E-state index in [1.807, 2.05) is 12.1 Å². The fraction of sp³-hybridized carbons (Fsp3) is 0.0189. The second kappa shape index (κ2) is 23.5. The Morgan fingerprint density at radius 3 is 1.16 bits per heavy atom. The van der Waals surface area contributed by atoms with E-state index in [4.69, 9.17) is 29.4 Å². The number of rotatable bonds is 7. The van der Waals surface area contributed by atoms with Crippen LogP contribution in [0.5, 0.6) is 23.0 Å². The van der Waals surface area contributed by atoms with Crippen LogP contribution in [-0.4, -0.2) is 38.2 Å². The standard InChI is InChI=1S/C106H62N8O2/c1-4-26-64(27-5-1)85-61-88(108-103(107-85)113-90-44-18-12-34-71(90)76-59-84-98(62-95(76)113)115-96-48-22-15-39-79(96)106(84)78-38-14-21-47-94(78)111-89-43-17-10-32-69(89)72-35-24-42-82(106)99(72)111)67-52-50-63(51-53-67)68-54-57-92-75(58-68)73-36-25-41-81-100(73)112(92)93-46-20-13-37-77(93)105(81)80-40-16-23-49-97(80)116-102-83(105)56-55-74-70-33-11-19-45-91(70)114(101(74)102)104-109-86(65-28-6-2-7-29-65)60-87(110-104)66-30-8-3-9-31-66/h1-62H. The summed E-state index contributed by atoms with van der Waals surface area (Å²) in [6.45, 7) is 0. The third kappa shape index (κ3) is 8.41. The smallest absolute Gasteiger partial charge is 0.235 e. The van der Waals surface area contributed by atoms with E-state index in [-0.39, 0.29) is 0 Å². The lowest BCUT2D eigenvalue weighted by atomic mass is 9.61. The predicted octanol–water partition coefficient (Wildman–Crippen LogP) is 25.6. The van der Waals surface area contributed by atoms with Gasteiger partial charge in [-0.05, 0) is 106 Å². The Hall–Kier alpha value is -15.5. The monoisotopic (exact) mass is 1480 g/mol. The molecule has 10 heteroatoms. The zero-order chi connectivity index (χ0) is 75.6. The SMILES string of the molecule is c1ccc(-c2cc(-c3ccc(-c4ccc5c(c4)c4cccc6c4n5-c4ccccc4C64c5ccccc5Oc5c4ccc4c6ccccc6n(-c6nc(-c7ccccc7)cc(-c7ccccc7)n6)c54)cc3)nc(-n3c4ccccc4c4cc5c(cc43)Oc3ccccc3C53c4ccccc4-n4c5ccccc5c5cccc3c54)n2)cc1. The summed E-state index contributed by atoms with van der Waals surface area (Å²) in [5.74, 6) is 4.28. The molecule has 0 aliphatic carbocycles. The first-order valence-electron chi connectivity index (χ1n) is 39.6. The number of fused-ring (bicyclic) bond motifs is 29. The highest BCUT2D eigenvalue weighted by molar-refractivity contribution is 6.17. The molecule has 22 aromatic rings. The van der Waals surface area contributed by atoms with Crippen LogP contribution in [0.25, 0.3) is 167 Å². The van der Waals surface area contributed by atoms with Crippen molar-refractivity contribution in [2.24, 2.45) is 0 Å². The van der Waals surface area contributed by atoms with Crippen LogP contribution in [0.1, 0.15) is 44.5 Å². The summed E-state index contributed by atoms with van der Waals surface area (Å²) in [5.41, 5.74) is 27.6. The van der Waals surface area contributed by atoms with Gasteiger partial charge in [-0.2, -0.15) is 0 Å². The average Bonchev–Trinajstić information content (AvgIpc) is 1.36. The van der Waals surface area contributed by atoms with E-state index in [2.05, 4.69) is 382 Å². The lowest BCUT2D eigenvalue weighted by Gasteiger charge is -2.45. The molecule has 0 saturated heterocycles.